The molecule has 7 nitrogen and oxygen atoms in total. The number of likely N-dealkylation sites (tertiary alicyclic amines) is 1. The van der Waals surface area contributed by atoms with Crippen LogP contribution in [0.3, 0.4) is 0 Å². The highest BCUT2D eigenvalue weighted by Gasteiger charge is 2.31. The van der Waals surface area contributed by atoms with Crippen molar-refractivity contribution < 1.29 is 28.9 Å². The molecule has 7 heteroatoms. The standard InChI is InChI=1S/C19H27NO6/c1-12(2)24-15-8-13(17(21)22)9-16(10-15)25-14-6-7-20(11-14)18(23)26-19(3,4)5/h8-10,12,14H,6-7,11H2,1-5H3,(H,21,22)/t14-/m0/s1. The summed E-state index contributed by atoms with van der Waals surface area (Å²) in [6.07, 6.45) is -0.0251. The summed E-state index contributed by atoms with van der Waals surface area (Å²) >= 11 is 0. The van der Waals surface area contributed by atoms with Gasteiger partial charge in [-0.15, -0.1) is 0 Å². The maximum Gasteiger partial charge on any atom is 0.410 e. The summed E-state index contributed by atoms with van der Waals surface area (Å²) in [6.45, 7) is 10.1. The van der Waals surface area contributed by atoms with Gasteiger partial charge >= 0.3 is 12.1 Å². The normalized spacial score (nSPS) is 17.3. The number of carbonyl (C=O) groups is 2. The molecular formula is C19H27NO6. The minimum absolute atomic E-state index is 0.0824. The van der Waals surface area contributed by atoms with Crippen molar-refractivity contribution in [2.24, 2.45) is 0 Å². The molecule has 1 amide bonds. The van der Waals surface area contributed by atoms with Crippen LogP contribution in [0.4, 0.5) is 4.79 Å². The molecule has 1 saturated heterocycles. The number of ether oxygens (including phenoxy) is 3. The minimum Gasteiger partial charge on any atom is -0.491 e. The maximum atomic E-state index is 12.1. The Balaban J connectivity index is 2.05. The van der Waals surface area contributed by atoms with E-state index in [2.05, 4.69) is 0 Å². The molecule has 1 fully saturated rings. The van der Waals surface area contributed by atoms with Crippen molar-refractivity contribution in [2.45, 2.75) is 58.8 Å². The van der Waals surface area contributed by atoms with E-state index in [1.165, 1.54) is 12.1 Å². The van der Waals surface area contributed by atoms with E-state index < -0.39 is 11.6 Å². The van der Waals surface area contributed by atoms with Gasteiger partial charge in [0.25, 0.3) is 0 Å². The van der Waals surface area contributed by atoms with Crippen molar-refractivity contribution in [3.05, 3.63) is 23.8 Å². The van der Waals surface area contributed by atoms with E-state index in [0.29, 0.717) is 31.0 Å². The molecule has 0 radical (unpaired) electrons. The third kappa shape index (κ3) is 5.82. The number of amides is 1. The van der Waals surface area contributed by atoms with E-state index in [9.17, 15) is 14.7 Å². The molecule has 1 aromatic rings. The SMILES string of the molecule is CC(C)Oc1cc(O[C@H]2CCN(C(=O)OC(C)(C)C)C2)cc(C(=O)O)c1. The van der Waals surface area contributed by atoms with Crippen LogP contribution in [0.5, 0.6) is 11.5 Å². The van der Waals surface area contributed by atoms with Crippen LogP contribution in [0.15, 0.2) is 18.2 Å². The Morgan fingerprint density at radius 3 is 2.42 bits per heavy atom. The van der Waals surface area contributed by atoms with Gasteiger partial charge < -0.3 is 24.2 Å². The van der Waals surface area contributed by atoms with E-state index in [1.807, 2.05) is 34.6 Å². The monoisotopic (exact) mass is 365 g/mol. The number of aromatic carboxylic acids is 1. The van der Waals surface area contributed by atoms with Gasteiger partial charge in [0.15, 0.2) is 0 Å². The van der Waals surface area contributed by atoms with Crippen molar-refractivity contribution in [2.75, 3.05) is 13.1 Å². The van der Waals surface area contributed by atoms with Gasteiger partial charge in [-0.05, 0) is 46.8 Å². The Hall–Kier alpha value is -2.44. The number of carbonyl (C=O) groups excluding carboxylic acids is 1. The van der Waals surface area contributed by atoms with Crippen molar-refractivity contribution in [3.8, 4) is 11.5 Å². The highest BCUT2D eigenvalue weighted by atomic mass is 16.6. The number of carboxylic acid groups (broad SMARTS) is 1. The summed E-state index contributed by atoms with van der Waals surface area (Å²) in [5.74, 6) is -0.195. The van der Waals surface area contributed by atoms with Crippen LogP contribution in [0.25, 0.3) is 0 Å². The Bertz CT molecular complexity index is 664. The number of nitrogens with zero attached hydrogens (tertiary/aromatic N) is 1. The number of carboxylic acids is 1. The molecule has 1 heterocycles. The highest BCUT2D eigenvalue weighted by Crippen LogP contribution is 2.27. The lowest BCUT2D eigenvalue weighted by molar-refractivity contribution is 0.0275. The van der Waals surface area contributed by atoms with Gasteiger partial charge in [0.2, 0.25) is 0 Å². The zero-order valence-electron chi connectivity index (χ0n) is 15.9. The Kier molecular flexibility index (Phi) is 6.00. The second kappa shape index (κ2) is 7.85. The molecule has 26 heavy (non-hydrogen) atoms. The first-order chi connectivity index (χ1) is 12.0. The van der Waals surface area contributed by atoms with Gasteiger partial charge in [-0.2, -0.15) is 0 Å². The van der Waals surface area contributed by atoms with Crippen LogP contribution in [0.1, 0.15) is 51.4 Å². The van der Waals surface area contributed by atoms with Crippen molar-refractivity contribution in [1.29, 1.82) is 0 Å². The van der Waals surface area contributed by atoms with Crippen LogP contribution in [-0.2, 0) is 4.74 Å². The molecule has 0 spiro atoms. The zero-order valence-corrected chi connectivity index (χ0v) is 15.9. The average Bonchev–Trinajstić information content (AvgIpc) is 2.93. The van der Waals surface area contributed by atoms with Crippen molar-refractivity contribution >= 4 is 12.1 Å². The summed E-state index contributed by atoms with van der Waals surface area (Å²) in [5.41, 5.74) is -0.449. The van der Waals surface area contributed by atoms with E-state index in [0.717, 1.165) is 0 Å². The molecule has 0 aliphatic carbocycles. The second-order valence-corrected chi connectivity index (χ2v) is 7.62. The molecule has 1 atom stereocenters. The van der Waals surface area contributed by atoms with Crippen LogP contribution >= 0.6 is 0 Å². The largest absolute Gasteiger partial charge is 0.491 e. The lowest BCUT2D eigenvalue weighted by Crippen LogP contribution is -2.36. The number of benzene rings is 1. The number of hydrogen-bond acceptors (Lipinski definition) is 5. The summed E-state index contributed by atoms with van der Waals surface area (Å²) in [7, 11) is 0. The molecule has 1 aliphatic heterocycles. The van der Waals surface area contributed by atoms with E-state index in [4.69, 9.17) is 14.2 Å². The van der Waals surface area contributed by atoms with E-state index >= 15 is 0 Å². The fourth-order valence-electron chi connectivity index (χ4n) is 2.61. The topological polar surface area (TPSA) is 85.3 Å². The Morgan fingerprint density at radius 1 is 1.19 bits per heavy atom. The minimum atomic E-state index is -1.05. The average molecular weight is 365 g/mol. The first-order valence-electron chi connectivity index (χ1n) is 8.73. The summed E-state index contributed by atoms with van der Waals surface area (Å²) in [6, 6.07) is 4.60. The zero-order chi connectivity index (χ0) is 19.5. The predicted octanol–water partition coefficient (Wildman–Crippen LogP) is 3.56. The molecule has 0 unspecified atom stereocenters. The molecule has 2 rings (SSSR count). The molecular weight excluding hydrogens is 338 g/mol. The van der Waals surface area contributed by atoms with Gasteiger partial charge in [-0.3, -0.25) is 0 Å². The van der Waals surface area contributed by atoms with Crippen molar-refractivity contribution in [3.63, 3.8) is 0 Å². The lowest BCUT2D eigenvalue weighted by atomic mass is 10.2. The molecule has 0 aromatic heterocycles. The number of hydrogen-bond donors (Lipinski definition) is 1. The summed E-state index contributed by atoms with van der Waals surface area (Å²) in [5, 5.41) is 9.27. The van der Waals surface area contributed by atoms with Crippen LogP contribution in [0, 0.1) is 0 Å². The van der Waals surface area contributed by atoms with Gasteiger partial charge in [0.1, 0.15) is 23.2 Å². The maximum absolute atomic E-state index is 12.1. The van der Waals surface area contributed by atoms with E-state index in [-0.39, 0.29) is 23.9 Å². The fourth-order valence-corrected chi connectivity index (χ4v) is 2.61. The fraction of sp³-hybridized carbons (Fsp3) is 0.579. The third-order valence-corrected chi connectivity index (χ3v) is 3.60. The Labute approximate surface area is 153 Å². The first kappa shape index (κ1) is 19.9. The summed E-state index contributed by atoms with van der Waals surface area (Å²) in [4.78, 5) is 25.0. The molecule has 1 aliphatic rings. The van der Waals surface area contributed by atoms with Gasteiger partial charge in [0, 0.05) is 19.0 Å². The van der Waals surface area contributed by atoms with Crippen LogP contribution in [0.2, 0.25) is 0 Å². The third-order valence-electron chi connectivity index (χ3n) is 3.60. The first-order valence-corrected chi connectivity index (χ1v) is 8.73. The smallest absolute Gasteiger partial charge is 0.410 e. The predicted molar refractivity (Wildman–Crippen MR) is 96.0 cm³/mol. The number of rotatable bonds is 5. The second-order valence-electron chi connectivity index (χ2n) is 7.62. The quantitative estimate of drug-likeness (QED) is 0.859. The van der Waals surface area contributed by atoms with Gasteiger partial charge in [-0.25, -0.2) is 9.59 Å². The van der Waals surface area contributed by atoms with Gasteiger partial charge in [-0.1, -0.05) is 0 Å². The molecule has 144 valence electrons. The molecule has 1 N–H and O–H groups in total. The van der Waals surface area contributed by atoms with Gasteiger partial charge in [0.05, 0.1) is 18.2 Å². The summed E-state index contributed by atoms with van der Waals surface area (Å²) < 4.78 is 16.9. The molecule has 0 saturated carbocycles. The van der Waals surface area contributed by atoms with Crippen LogP contribution < -0.4 is 9.47 Å². The van der Waals surface area contributed by atoms with Crippen LogP contribution in [-0.4, -0.2) is 53.0 Å². The van der Waals surface area contributed by atoms with Crippen molar-refractivity contribution in [1.82, 2.24) is 4.90 Å². The van der Waals surface area contributed by atoms with E-state index in [1.54, 1.807) is 11.0 Å². The molecule has 1 aromatic carbocycles. The highest BCUT2D eigenvalue weighted by molar-refractivity contribution is 5.88. The lowest BCUT2D eigenvalue weighted by Gasteiger charge is -2.24. The molecule has 0 bridgehead atoms. The Morgan fingerprint density at radius 2 is 1.85 bits per heavy atom.